The Bertz CT molecular complexity index is 996. The molecule has 0 aliphatic rings. The van der Waals surface area contributed by atoms with Crippen LogP contribution in [0.1, 0.15) is 5.56 Å². The van der Waals surface area contributed by atoms with E-state index in [9.17, 15) is 13.2 Å². The van der Waals surface area contributed by atoms with Gasteiger partial charge in [-0.05, 0) is 30.7 Å². The van der Waals surface area contributed by atoms with E-state index in [1.54, 1.807) is 25.1 Å². The number of hydrogen-bond acceptors (Lipinski definition) is 5. The molecule has 1 amide bonds. The van der Waals surface area contributed by atoms with Crippen LogP contribution in [0.4, 0.5) is 11.4 Å². The largest absolute Gasteiger partial charge is 0.495 e. The molecule has 0 fully saturated rings. The number of carbonyl (C=O) groups excluding carboxylic acids is 1. The highest BCUT2D eigenvalue weighted by Crippen LogP contribution is 2.36. The average Bonchev–Trinajstić information content (AvgIpc) is 2.60. The third-order valence-corrected chi connectivity index (χ3v) is 5.52. The van der Waals surface area contributed by atoms with Gasteiger partial charge in [-0.1, -0.05) is 23.2 Å². The number of anilines is 2. The fraction of sp³-hybridized carbons (Fsp3) is 0.278. The molecular formula is C18H20Cl2N2O5S. The number of rotatable bonds is 7. The van der Waals surface area contributed by atoms with Crippen LogP contribution in [0.2, 0.25) is 10.0 Å². The third-order valence-electron chi connectivity index (χ3n) is 3.86. The lowest BCUT2D eigenvalue weighted by Gasteiger charge is -2.24. The second-order valence-electron chi connectivity index (χ2n) is 5.94. The minimum absolute atomic E-state index is 0.301. The Balaban J connectivity index is 2.33. The highest BCUT2D eigenvalue weighted by molar-refractivity contribution is 7.92. The van der Waals surface area contributed by atoms with Crippen molar-refractivity contribution in [1.82, 2.24) is 0 Å². The molecule has 0 unspecified atom stereocenters. The molecule has 1 N–H and O–H groups in total. The van der Waals surface area contributed by atoms with Gasteiger partial charge in [0.1, 0.15) is 18.0 Å². The summed E-state index contributed by atoms with van der Waals surface area (Å²) in [5, 5.41) is 3.41. The smallest absolute Gasteiger partial charge is 0.245 e. The van der Waals surface area contributed by atoms with Crippen LogP contribution < -0.4 is 19.1 Å². The van der Waals surface area contributed by atoms with Crippen LogP contribution in [0, 0.1) is 6.92 Å². The van der Waals surface area contributed by atoms with Crippen molar-refractivity contribution < 1.29 is 22.7 Å². The van der Waals surface area contributed by atoms with E-state index in [-0.39, 0.29) is 0 Å². The minimum atomic E-state index is -3.72. The molecule has 0 aliphatic heterocycles. The molecule has 0 spiro atoms. The van der Waals surface area contributed by atoms with Crippen molar-refractivity contribution in [3.63, 3.8) is 0 Å². The monoisotopic (exact) mass is 446 g/mol. The van der Waals surface area contributed by atoms with Gasteiger partial charge in [-0.25, -0.2) is 8.42 Å². The number of aryl methyl sites for hydroxylation is 1. The normalized spacial score (nSPS) is 11.1. The number of carbonyl (C=O) groups is 1. The lowest BCUT2D eigenvalue weighted by molar-refractivity contribution is -0.114. The Hall–Kier alpha value is -2.16. The fourth-order valence-corrected chi connectivity index (χ4v) is 3.93. The van der Waals surface area contributed by atoms with Crippen molar-refractivity contribution in [2.24, 2.45) is 0 Å². The SMILES string of the molecule is COc1cc(NC(=O)CN(c2ccc(Cl)cc2C)S(C)(=O)=O)c(OC)cc1Cl. The summed E-state index contributed by atoms with van der Waals surface area (Å²) in [6.07, 6.45) is 1.03. The summed E-state index contributed by atoms with van der Waals surface area (Å²) in [7, 11) is -0.861. The van der Waals surface area contributed by atoms with E-state index in [0.29, 0.717) is 38.5 Å². The van der Waals surface area contributed by atoms with Gasteiger partial charge in [-0.3, -0.25) is 9.10 Å². The Kier molecular flexibility index (Phi) is 7.03. The van der Waals surface area contributed by atoms with Gasteiger partial charge in [0.05, 0.1) is 36.9 Å². The molecular weight excluding hydrogens is 427 g/mol. The summed E-state index contributed by atoms with van der Waals surface area (Å²) in [5.74, 6) is 0.0847. The molecule has 2 aromatic carbocycles. The van der Waals surface area contributed by atoms with E-state index >= 15 is 0 Å². The highest BCUT2D eigenvalue weighted by atomic mass is 35.5. The van der Waals surface area contributed by atoms with E-state index in [4.69, 9.17) is 32.7 Å². The first-order valence-electron chi connectivity index (χ1n) is 8.02. The first-order chi connectivity index (χ1) is 13.1. The van der Waals surface area contributed by atoms with Gasteiger partial charge in [0.2, 0.25) is 15.9 Å². The van der Waals surface area contributed by atoms with E-state index in [2.05, 4.69) is 5.32 Å². The average molecular weight is 447 g/mol. The molecule has 0 heterocycles. The first-order valence-corrected chi connectivity index (χ1v) is 10.6. The molecule has 0 saturated carbocycles. The lowest BCUT2D eigenvalue weighted by Crippen LogP contribution is -2.37. The standard InChI is InChI=1S/C18H20Cl2N2O5S/c1-11-7-12(19)5-6-15(11)22(28(4,24)25)10-18(23)21-14-9-16(26-2)13(20)8-17(14)27-3/h5-9H,10H2,1-4H3,(H,21,23). The Morgan fingerprint density at radius 2 is 1.75 bits per heavy atom. The molecule has 0 aromatic heterocycles. The Morgan fingerprint density at radius 1 is 1.11 bits per heavy atom. The van der Waals surface area contributed by atoms with Crippen LogP contribution in [0.3, 0.4) is 0 Å². The van der Waals surface area contributed by atoms with E-state index in [1.807, 2.05) is 0 Å². The molecule has 0 bridgehead atoms. The maximum atomic E-state index is 12.6. The molecule has 7 nitrogen and oxygen atoms in total. The number of benzene rings is 2. The number of ether oxygens (including phenoxy) is 2. The Labute approximate surface area is 174 Å². The van der Waals surface area contributed by atoms with Gasteiger partial charge in [-0.15, -0.1) is 0 Å². The summed E-state index contributed by atoms with van der Waals surface area (Å²) >= 11 is 12.0. The maximum absolute atomic E-state index is 12.6. The third kappa shape index (κ3) is 5.21. The lowest BCUT2D eigenvalue weighted by atomic mass is 10.2. The van der Waals surface area contributed by atoms with Crippen molar-refractivity contribution in [2.45, 2.75) is 6.92 Å². The summed E-state index contributed by atoms with van der Waals surface area (Å²) < 4.78 is 35.9. The Morgan fingerprint density at radius 3 is 2.29 bits per heavy atom. The molecule has 0 saturated heterocycles. The van der Waals surface area contributed by atoms with Gasteiger partial charge in [0, 0.05) is 17.2 Å². The number of sulfonamides is 1. The highest BCUT2D eigenvalue weighted by Gasteiger charge is 2.23. The van der Waals surface area contributed by atoms with Gasteiger partial charge >= 0.3 is 0 Å². The second-order valence-corrected chi connectivity index (χ2v) is 8.69. The maximum Gasteiger partial charge on any atom is 0.245 e. The molecule has 2 rings (SSSR count). The van der Waals surface area contributed by atoms with E-state index in [0.717, 1.165) is 10.6 Å². The molecule has 28 heavy (non-hydrogen) atoms. The molecule has 2 aromatic rings. The topological polar surface area (TPSA) is 84.9 Å². The second kappa shape index (κ2) is 8.89. The van der Waals surface area contributed by atoms with Crippen LogP contribution in [0.25, 0.3) is 0 Å². The molecule has 152 valence electrons. The first kappa shape index (κ1) is 22.1. The van der Waals surface area contributed by atoms with Crippen LogP contribution >= 0.6 is 23.2 Å². The number of hydrogen-bond donors (Lipinski definition) is 1. The molecule has 0 atom stereocenters. The van der Waals surface area contributed by atoms with Gasteiger partial charge in [0.25, 0.3) is 0 Å². The van der Waals surface area contributed by atoms with Crippen LogP contribution in [0.15, 0.2) is 30.3 Å². The zero-order chi connectivity index (χ0) is 21.1. The number of nitrogens with zero attached hydrogens (tertiary/aromatic N) is 1. The fourth-order valence-electron chi connectivity index (χ4n) is 2.56. The van der Waals surface area contributed by atoms with Crippen LogP contribution in [-0.2, 0) is 14.8 Å². The zero-order valence-electron chi connectivity index (χ0n) is 15.7. The quantitative estimate of drug-likeness (QED) is 0.700. The summed E-state index contributed by atoms with van der Waals surface area (Å²) in [5.41, 5.74) is 1.29. The summed E-state index contributed by atoms with van der Waals surface area (Å²) in [6.45, 7) is 1.28. The zero-order valence-corrected chi connectivity index (χ0v) is 18.1. The van der Waals surface area contributed by atoms with Crippen LogP contribution in [-0.4, -0.2) is 41.3 Å². The number of amides is 1. The number of nitrogens with one attached hydrogen (secondary N) is 1. The van der Waals surface area contributed by atoms with Gasteiger partial charge < -0.3 is 14.8 Å². The predicted molar refractivity (Wildman–Crippen MR) is 112 cm³/mol. The van der Waals surface area contributed by atoms with Crippen molar-refractivity contribution in [1.29, 1.82) is 0 Å². The van der Waals surface area contributed by atoms with E-state index < -0.39 is 22.5 Å². The molecule has 0 aliphatic carbocycles. The summed E-state index contributed by atoms with van der Waals surface area (Å²) in [4.78, 5) is 12.6. The molecule has 0 radical (unpaired) electrons. The van der Waals surface area contributed by atoms with Crippen molar-refractivity contribution in [3.8, 4) is 11.5 Å². The number of methoxy groups -OCH3 is 2. The van der Waals surface area contributed by atoms with Crippen LogP contribution in [0.5, 0.6) is 11.5 Å². The van der Waals surface area contributed by atoms with E-state index in [1.165, 1.54) is 26.4 Å². The van der Waals surface area contributed by atoms with Crippen molar-refractivity contribution in [2.75, 3.05) is 36.6 Å². The minimum Gasteiger partial charge on any atom is -0.495 e. The van der Waals surface area contributed by atoms with Crippen molar-refractivity contribution in [3.05, 3.63) is 45.9 Å². The predicted octanol–water partition coefficient (Wildman–Crippen LogP) is 3.72. The number of halogens is 2. The molecule has 10 heteroatoms. The van der Waals surface area contributed by atoms with Gasteiger partial charge in [-0.2, -0.15) is 0 Å². The summed E-state index contributed by atoms with van der Waals surface area (Å²) in [6, 6.07) is 7.73. The van der Waals surface area contributed by atoms with Crippen molar-refractivity contribution >= 4 is 50.5 Å². The van der Waals surface area contributed by atoms with Gasteiger partial charge in [0.15, 0.2) is 0 Å².